The number of carbonyl (C=O) groups excluding carboxylic acids is 1. The molecule has 108 valence electrons. The average molecular weight is 273 g/mol. The van der Waals surface area contributed by atoms with Crippen LogP contribution in [-0.4, -0.2) is 34.9 Å². The fraction of sp³-hybridized carbons (Fsp3) is 0.438. The summed E-state index contributed by atoms with van der Waals surface area (Å²) in [5, 5.41) is 1.10. The molecule has 1 atom stereocenters. The number of benzene rings is 1. The number of hydrogen-bond acceptors (Lipinski definition) is 2. The van der Waals surface area contributed by atoms with Gasteiger partial charge < -0.3 is 15.6 Å². The number of hydrogen-bond donors (Lipinski definition) is 2. The van der Waals surface area contributed by atoms with E-state index in [-0.39, 0.29) is 11.9 Å². The van der Waals surface area contributed by atoms with E-state index in [0.29, 0.717) is 0 Å². The monoisotopic (exact) mass is 273 g/mol. The molecule has 4 nitrogen and oxygen atoms in total. The third-order valence-corrected chi connectivity index (χ3v) is 3.62. The van der Waals surface area contributed by atoms with Gasteiger partial charge in [-0.3, -0.25) is 4.79 Å². The number of rotatable bonds is 5. The molecule has 2 rings (SSSR count). The minimum absolute atomic E-state index is 0.0785. The van der Waals surface area contributed by atoms with Crippen LogP contribution >= 0.6 is 0 Å². The van der Waals surface area contributed by atoms with Gasteiger partial charge in [-0.2, -0.15) is 0 Å². The van der Waals surface area contributed by atoms with Crippen LogP contribution in [0.5, 0.6) is 0 Å². The maximum Gasteiger partial charge on any atom is 0.255 e. The summed E-state index contributed by atoms with van der Waals surface area (Å²) >= 11 is 0. The fourth-order valence-corrected chi connectivity index (χ4v) is 2.59. The number of nitrogens with one attached hydrogen (secondary N) is 1. The molecule has 0 bridgehead atoms. The van der Waals surface area contributed by atoms with Crippen molar-refractivity contribution < 1.29 is 4.79 Å². The molecule has 3 N–H and O–H groups in total. The van der Waals surface area contributed by atoms with Crippen molar-refractivity contribution in [3.8, 4) is 0 Å². The number of carbonyl (C=O) groups is 1. The first-order valence-electron chi connectivity index (χ1n) is 7.22. The SMILES string of the molecule is CCN(CC)C(=O)c1cccc2c(C[C@@H](C)N)c[nH]c12. The molecule has 0 unspecified atom stereocenters. The Balaban J connectivity index is 2.45. The molecule has 0 aliphatic rings. The van der Waals surface area contributed by atoms with Gasteiger partial charge in [0, 0.05) is 30.7 Å². The minimum atomic E-state index is 0.0785. The Bertz CT molecular complexity index is 597. The van der Waals surface area contributed by atoms with Crippen molar-refractivity contribution in [2.75, 3.05) is 13.1 Å². The highest BCUT2D eigenvalue weighted by Crippen LogP contribution is 2.23. The predicted molar refractivity (Wildman–Crippen MR) is 82.9 cm³/mol. The number of fused-ring (bicyclic) bond motifs is 1. The van der Waals surface area contributed by atoms with Gasteiger partial charge in [0.25, 0.3) is 5.91 Å². The average Bonchev–Trinajstić information content (AvgIpc) is 2.82. The first-order chi connectivity index (χ1) is 9.58. The quantitative estimate of drug-likeness (QED) is 0.879. The number of aromatic nitrogens is 1. The molecule has 4 heteroatoms. The summed E-state index contributed by atoms with van der Waals surface area (Å²) in [5.74, 6) is 0.0785. The largest absolute Gasteiger partial charge is 0.360 e. The van der Waals surface area contributed by atoms with Crippen LogP contribution < -0.4 is 5.73 Å². The second kappa shape index (κ2) is 6.09. The number of aromatic amines is 1. The predicted octanol–water partition coefficient (Wildman–Crippen LogP) is 2.54. The van der Waals surface area contributed by atoms with Crippen LogP contribution in [0.3, 0.4) is 0 Å². The molecule has 2 aromatic rings. The van der Waals surface area contributed by atoms with E-state index in [0.717, 1.165) is 36.0 Å². The summed E-state index contributed by atoms with van der Waals surface area (Å²) in [7, 11) is 0. The molecule has 0 aliphatic carbocycles. The molecule has 1 heterocycles. The van der Waals surface area contributed by atoms with Crippen molar-refractivity contribution in [2.45, 2.75) is 33.2 Å². The number of para-hydroxylation sites is 1. The van der Waals surface area contributed by atoms with Crippen LogP contribution in [0.2, 0.25) is 0 Å². The summed E-state index contributed by atoms with van der Waals surface area (Å²) in [6.45, 7) is 7.43. The Labute approximate surface area is 120 Å². The van der Waals surface area contributed by atoms with Crippen molar-refractivity contribution in [1.82, 2.24) is 9.88 Å². The van der Waals surface area contributed by atoms with Crippen LogP contribution in [0.4, 0.5) is 0 Å². The zero-order valence-electron chi connectivity index (χ0n) is 12.4. The first-order valence-corrected chi connectivity index (χ1v) is 7.22. The summed E-state index contributed by atoms with van der Waals surface area (Å²) in [5.41, 5.74) is 8.70. The van der Waals surface area contributed by atoms with E-state index >= 15 is 0 Å². The number of nitrogens with two attached hydrogens (primary N) is 1. The molecule has 1 amide bonds. The molecule has 0 fully saturated rings. The van der Waals surface area contributed by atoms with Crippen LogP contribution in [0, 0.1) is 0 Å². The van der Waals surface area contributed by atoms with Crippen molar-refractivity contribution >= 4 is 16.8 Å². The van der Waals surface area contributed by atoms with Gasteiger partial charge in [0.05, 0.1) is 11.1 Å². The van der Waals surface area contributed by atoms with Gasteiger partial charge in [-0.1, -0.05) is 12.1 Å². The summed E-state index contributed by atoms with van der Waals surface area (Å²) in [6, 6.07) is 5.98. The highest BCUT2D eigenvalue weighted by Gasteiger charge is 2.17. The van der Waals surface area contributed by atoms with E-state index in [2.05, 4.69) is 4.98 Å². The number of nitrogens with zero attached hydrogens (tertiary/aromatic N) is 1. The van der Waals surface area contributed by atoms with Crippen LogP contribution in [0.1, 0.15) is 36.7 Å². The van der Waals surface area contributed by atoms with E-state index in [1.807, 2.05) is 50.1 Å². The zero-order valence-corrected chi connectivity index (χ0v) is 12.4. The molecular weight excluding hydrogens is 250 g/mol. The van der Waals surface area contributed by atoms with Gasteiger partial charge in [0.2, 0.25) is 0 Å². The third-order valence-electron chi connectivity index (χ3n) is 3.62. The second-order valence-electron chi connectivity index (χ2n) is 5.20. The van der Waals surface area contributed by atoms with E-state index in [1.54, 1.807) is 0 Å². The lowest BCUT2D eigenvalue weighted by Crippen LogP contribution is -2.30. The smallest absolute Gasteiger partial charge is 0.255 e. The Hall–Kier alpha value is -1.81. The molecule has 0 aliphatic heterocycles. The van der Waals surface area contributed by atoms with Crippen molar-refractivity contribution in [2.24, 2.45) is 5.73 Å². The Kier molecular flexibility index (Phi) is 4.45. The summed E-state index contributed by atoms with van der Waals surface area (Å²) in [6.07, 6.45) is 2.77. The van der Waals surface area contributed by atoms with Gasteiger partial charge in [-0.15, -0.1) is 0 Å². The lowest BCUT2D eigenvalue weighted by Gasteiger charge is -2.19. The van der Waals surface area contributed by atoms with E-state index in [9.17, 15) is 4.79 Å². The topological polar surface area (TPSA) is 62.1 Å². The van der Waals surface area contributed by atoms with Crippen LogP contribution in [-0.2, 0) is 6.42 Å². The lowest BCUT2D eigenvalue weighted by atomic mass is 10.0. The number of amides is 1. The van der Waals surface area contributed by atoms with Crippen molar-refractivity contribution in [3.05, 3.63) is 35.5 Å². The van der Waals surface area contributed by atoms with Crippen LogP contribution in [0.25, 0.3) is 10.9 Å². The van der Waals surface area contributed by atoms with E-state index < -0.39 is 0 Å². The van der Waals surface area contributed by atoms with E-state index in [4.69, 9.17) is 5.73 Å². The fourth-order valence-electron chi connectivity index (χ4n) is 2.59. The Morgan fingerprint density at radius 1 is 1.35 bits per heavy atom. The van der Waals surface area contributed by atoms with Crippen LogP contribution in [0.15, 0.2) is 24.4 Å². The maximum absolute atomic E-state index is 12.5. The molecule has 1 aromatic carbocycles. The molecule has 0 saturated heterocycles. The van der Waals surface area contributed by atoms with Gasteiger partial charge in [-0.25, -0.2) is 0 Å². The lowest BCUT2D eigenvalue weighted by molar-refractivity contribution is 0.0775. The molecule has 0 saturated carbocycles. The van der Waals surface area contributed by atoms with Crippen molar-refractivity contribution in [1.29, 1.82) is 0 Å². The summed E-state index contributed by atoms with van der Waals surface area (Å²) < 4.78 is 0. The van der Waals surface area contributed by atoms with Crippen molar-refractivity contribution in [3.63, 3.8) is 0 Å². The maximum atomic E-state index is 12.5. The van der Waals surface area contributed by atoms with E-state index in [1.165, 1.54) is 5.56 Å². The van der Waals surface area contributed by atoms with Gasteiger partial charge >= 0.3 is 0 Å². The molecule has 1 aromatic heterocycles. The Morgan fingerprint density at radius 3 is 2.65 bits per heavy atom. The van der Waals surface area contributed by atoms with Gasteiger partial charge in [0.1, 0.15) is 0 Å². The molecule has 0 radical (unpaired) electrons. The highest BCUT2D eigenvalue weighted by atomic mass is 16.2. The third kappa shape index (κ3) is 2.70. The Morgan fingerprint density at radius 2 is 2.05 bits per heavy atom. The molecular formula is C16H23N3O. The molecule has 0 spiro atoms. The van der Waals surface area contributed by atoms with Gasteiger partial charge in [-0.05, 0) is 38.8 Å². The summed E-state index contributed by atoms with van der Waals surface area (Å²) in [4.78, 5) is 17.6. The zero-order chi connectivity index (χ0) is 14.7. The highest BCUT2D eigenvalue weighted by molar-refractivity contribution is 6.06. The second-order valence-corrected chi connectivity index (χ2v) is 5.20. The minimum Gasteiger partial charge on any atom is -0.360 e. The number of H-pyrrole nitrogens is 1. The standard InChI is InChI=1S/C16H23N3O/c1-4-19(5-2)16(20)14-8-6-7-13-12(9-11(3)17)10-18-15(13)14/h6-8,10-11,18H,4-5,9,17H2,1-3H3/t11-/m1/s1. The normalized spacial score (nSPS) is 12.6. The first kappa shape index (κ1) is 14.6. The molecule has 20 heavy (non-hydrogen) atoms. The van der Waals surface area contributed by atoms with Gasteiger partial charge in [0.15, 0.2) is 0 Å².